The van der Waals surface area contributed by atoms with Crippen LogP contribution in [0.2, 0.25) is 0 Å². The predicted octanol–water partition coefficient (Wildman–Crippen LogP) is 5.11. The van der Waals surface area contributed by atoms with Crippen LogP contribution in [0.4, 0.5) is 17.5 Å². The molecule has 2 N–H and O–H groups in total. The van der Waals surface area contributed by atoms with Crippen molar-refractivity contribution >= 4 is 17.5 Å². The van der Waals surface area contributed by atoms with E-state index in [1.54, 1.807) is 12.4 Å². The van der Waals surface area contributed by atoms with E-state index in [1.807, 2.05) is 18.2 Å². The van der Waals surface area contributed by atoms with Crippen LogP contribution in [0.1, 0.15) is 31.4 Å². The molecule has 0 fully saturated rings. The van der Waals surface area contributed by atoms with Crippen molar-refractivity contribution in [3.8, 4) is 11.3 Å². The zero-order chi connectivity index (χ0) is 18.5. The molecule has 0 unspecified atom stereocenters. The second kappa shape index (κ2) is 7.95. The van der Waals surface area contributed by atoms with Crippen LogP contribution in [-0.2, 0) is 0 Å². The highest BCUT2D eigenvalue weighted by Gasteiger charge is 2.10. The van der Waals surface area contributed by atoms with Gasteiger partial charge < -0.3 is 10.6 Å². The summed E-state index contributed by atoms with van der Waals surface area (Å²) in [7, 11) is 0. The van der Waals surface area contributed by atoms with Crippen LogP contribution in [0.3, 0.4) is 0 Å². The number of rotatable bonds is 6. The number of para-hydroxylation sites is 1. The summed E-state index contributed by atoms with van der Waals surface area (Å²) in [6, 6.07) is 12.4. The van der Waals surface area contributed by atoms with Gasteiger partial charge in [0.1, 0.15) is 5.82 Å². The number of aromatic nitrogens is 3. The molecule has 5 heteroatoms. The Morgan fingerprint density at radius 1 is 1.00 bits per heavy atom. The average molecular weight is 347 g/mol. The van der Waals surface area contributed by atoms with E-state index in [1.165, 1.54) is 11.1 Å². The minimum atomic E-state index is 0.302. The standard InChI is InChI=1S/C21H25N5/c1-5-16(4)23-21-24-18(17-9-11-22-12-10-17)13-19(26-21)25-20-14(2)7-6-8-15(20)3/h6-13,16H,5H2,1-4H3,(H2,23,24,25,26)/t16-/m0/s1. The molecule has 0 amide bonds. The molecular weight excluding hydrogens is 322 g/mol. The molecule has 3 aromatic rings. The van der Waals surface area contributed by atoms with Crippen molar-refractivity contribution in [1.29, 1.82) is 0 Å². The van der Waals surface area contributed by atoms with Gasteiger partial charge in [-0.15, -0.1) is 0 Å². The third-order valence-corrected chi connectivity index (χ3v) is 4.42. The van der Waals surface area contributed by atoms with Gasteiger partial charge in [-0.1, -0.05) is 25.1 Å². The quantitative estimate of drug-likeness (QED) is 0.649. The van der Waals surface area contributed by atoms with Gasteiger partial charge in [0.2, 0.25) is 5.95 Å². The van der Waals surface area contributed by atoms with Gasteiger partial charge in [-0.25, -0.2) is 4.98 Å². The van der Waals surface area contributed by atoms with E-state index in [4.69, 9.17) is 0 Å². The average Bonchev–Trinajstić information content (AvgIpc) is 2.65. The van der Waals surface area contributed by atoms with E-state index < -0.39 is 0 Å². The van der Waals surface area contributed by atoms with Gasteiger partial charge in [0.05, 0.1) is 5.69 Å². The van der Waals surface area contributed by atoms with Crippen molar-refractivity contribution < 1.29 is 0 Å². The van der Waals surface area contributed by atoms with Crippen LogP contribution < -0.4 is 10.6 Å². The molecule has 0 radical (unpaired) electrons. The number of benzene rings is 1. The van der Waals surface area contributed by atoms with E-state index in [2.05, 4.69) is 71.5 Å². The summed E-state index contributed by atoms with van der Waals surface area (Å²) in [5, 5.41) is 6.85. The van der Waals surface area contributed by atoms with Crippen LogP contribution in [0.15, 0.2) is 48.8 Å². The fraction of sp³-hybridized carbons (Fsp3) is 0.286. The van der Waals surface area contributed by atoms with Crippen molar-refractivity contribution in [2.24, 2.45) is 0 Å². The summed E-state index contributed by atoms with van der Waals surface area (Å²) in [5.41, 5.74) is 5.33. The SMILES string of the molecule is CC[C@H](C)Nc1nc(Nc2c(C)cccc2C)cc(-c2ccncc2)n1. The Labute approximate surface area is 154 Å². The van der Waals surface area contributed by atoms with Crippen LogP contribution >= 0.6 is 0 Å². The third kappa shape index (κ3) is 4.17. The minimum absolute atomic E-state index is 0.302. The lowest BCUT2D eigenvalue weighted by Gasteiger charge is -2.16. The van der Waals surface area contributed by atoms with Crippen LogP contribution in [0, 0.1) is 13.8 Å². The first-order chi connectivity index (χ1) is 12.6. The number of nitrogens with zero attached hydrogens (tertiary/aromatic N) is 3. The minimum Gasteiger partial charge on any atom is -0.352 e. The maximum absolute atomic E-state index is 4.69. The molecule has 0 bridgehead atoms. The molecule has 0 aliphatic carbocycles. The highest BCUT2D eigenvalue weighted by atomic mass is 15.2. The van der Waals surface area contributed by atoms with Gasteiger partial charge >= 0.3 is 0 Å². The Morgan fingerprint density at radius 2 is 1.69 bits per heavy atom. The molecule has 2 aromatic heterocycles. The number of aryl methyl sites for hydroxylation is 2. The smallest absolute Gasteiger partial charge is 0.225 e. The second-order valence-electron chi connectivity index (χ2n) is 6.54. The molecular formula is C21H25N5. The third-order valence-electron chi connectivity index (χ3n) is 4.42. The number of anilines is 3. The summed E-state index contributed by atoms with van der Waals surface area (Å²) in [6.07, 6.45) is 4.55. The van der Waals surface area contributed by atoms with Crippen molar-refractivity contribution in [3.05, 3.63) is 59.9 Å². The summed E-state index contributed by atoms with van der Waals surface area (Å²) in [5.74, 6) is 1.40. The summed E-state index contributed by atoms with van der Waals surface area (Å²) >= 11 is 0. The molecule has 134 valence electrons. The Hall–Kier alpha value is -2.95. The lowest BCUT2D eigenvalue weighted by atomic mass is 10.1. The van der Waals surface area contributed by atoms with E-state index in [0.29, 0.717) is 12.0 Å². The molecule has 0 saturated carbocycles. The highest BCUT2D eigenvalue weighted by molar-refractivity contribution is 5.69. The number of nitrogens with one attached hydrogen (secondary N) is 2. The first kappa shape index (κ1) is 17.9. The number of pyridine rings is 1. The van der Waals surface area contributed by atoms with E-state index >= 15 is 0 Å². The highest BCUT2D eigenvalue weighted by Crippen LogP contribution is 2.27. The summed E-state index contributed by atoms with van der Waals surface area (Å²) < 4.78 is 0. The van der Waals surface area contributed by atoms with Crippen molar-refractivity contribution in [2.75, 3.05) is 10.6 Å². The molecule has 0 saturated heterocycles. The van der Waals surface area contributed by atoms with Gasteiger partial charge in [-0.05, 0) is 50.5 Å². The van der Waals surface area contributed by atoms with E-state index in [-0.39, 0.29) is 0 Å². The molecule has 0 aliphatic rings. The van der Waals surface area contributed by atoms with Crippen LogP contribution in [0.5, 0.6) is 0 Å². The second-order valence-corrected chi connectivity index (χ2v) is 6.54. The Balaban J connectivity index is 2.02. The summed E-state index contributed by atoms with van der Waals surface area (Å²) in [4.78, 5) is 13.5. The maximum atomic E-state index is 4.69. The fourth-order valence-electron chi connectivity index (χ4n) is 2.71. The molecule has 1 atom stereocenters. The van der Waals surface area contributed by atoms with E-state index in [0.717, 1.165) is 29.2 Å². The maximum Gasteiger partial charge on any atom is 0.225 e. The zero-order valence-electron chi connectivity index (χ0n) is 15.7. The van der Waals surface area contributed by atoms with Crippen molar-refractivity contribution in [3.63, 3.8) is 0 Å². The lowest BCUT2D eigenvalue weighted by Crippen LogP contribution is -2.16. The number of hydrogen-bond acceptors (Lipinski definition) is 5. The van der Waals surface area contributed by atoms with Crippen molar-refractivity contribution in [1.82, 2.24) is 15.0 Å². The summed E-state index contributed by atoms with van der Waals surface area (Å²) in [6.45, 7) is 8.46. The van der Waals surface area contributed by atoms with Gasteiger partial charge in [0, 0.05) is 35.8 Å². The van der Waals surface area contributed by atoms with Gasteiger partial charge in [0.25, 0.3) is 0 Å². The first-order valence-electron chi connectivity index (χ1n) is 8.96. The lowest BCUT2D eigenvalue weighted by molar-refractivity contribution is 0.753. The normalized spacial score (nSPS) is 11.8. The number of hydrogen-bond donors (Lipinski definition) is 2. The topological polar surface area (TPSA) is 62.7 Å². The fourth-order valence-corrected chi connectivity index (χ4v) is 2.71. The molecule has 2 heterocycles. The largest absolute Gasteiger partial charge is 0.352 e. The molecule has 0 spiro atoms. The van der Waals surface area contributed by atoms with Gasteiger partial charge in [0.15, 0.2) is 0 Å². The first-order valence-corrected chi connectivity index (χ1v) is 8.96. The Morgan fingerprint density at radius 3 is 2.35 bits per heavy atom. The molecule has 26 heavy (non-hydrogen) atoms. The van der Waals surface area contributed by atoms with Gasteiger partial charge in [-0.3, -0.25) is 4.98 Å². The molecule has 5 nitrogen and oxygen atoms in total. The monoisotopic (exact) mass is 347 g/mol. The van der Waals surface area contributed by atoms with Gasteiger partial charge in [-0.2, -0.15) is 4.98 Å². The van der Waals surface area contributed by atoms with E-state index in [9.17, 15) is 0 Å². The molecule has 0 aliphatic heterocycles. The Kier molecular flexibility index (Phi) is 5.46. The molecule has 1 aromatic carbocycles. The predicted molar refractivity (Wildman–Crippen MR) is 108 cm³/mol. The Bertz CT molecular complexity index is 857. The van der Waals surface area contributed by atoms with Crippen LogP contribution in [0.25, 0.3) is 11.3 Å². The van der Waals surface area contributed by atoms with Crippen molar-refractivity contribution in [2.45, 2.75) is 40.2 Å². The zero-order valence-corrected chi connectivity index (χ0v) is 15.7. The van der Waals surface area contributed by atoms with Crippen LogP contribution in [-0.4, -0.2) is 21.0 Å². The molecule has 3 rings (SSSR count).